The summed E-state index contributed by atoms with van der Waals surface area (Å²) in [6.07, 6.45) is 2.13. The van der Waals surface area contributed by atoms with Crippen LogP contribution in [0.25, 0.3) is 0 Å². The molecule has 2 spiro atoms. The third-order valence-electron chi connectivity index (χ3n) is 17.1. The van der Waals surface area contributed by atoms with Gasteiger partial charge < -0.3 is 39.0 Å². The van der Waals surface area contributed by atoms with E-state index in [4.69, 9.17) is 58.5 Å². The summed E-state index contributed by atoms with van der Waals surface area (Å²) in [5, 5.41) is 35.0. The first kappa shape index (κ1) is 40.6. The van der Waals surface area contributed by atoms with Gasteiger partial charge in [0.1, 0.15) is 12.2 Å². The molecule has 3 saturated heterocycles. The molecule has 8 fully saturated rings. The Morgan fingerprint density at radius 1 is 1.00 bits per heavy atom. The smallest absolute Gasteiger partial charge is 0.409 e. The van der Waals surface area contributed by atoms with Crippen LogP contribution < -0.4 is 5.32 Å². The van der Waals surface area contributed by atoms with Gasteiger partial charge in [-0.15, -0.1) is 0 Å². The summed E-state index contributed by atoms with van der Waals surface area (Å²) in [6, 6.07) is 0.464. The molecule has 11 nitrogen and oxygen atoms in total. The van der Waals surface area contributed by atoms with Crippen molar-refractivity contribution in [1.29, 1.82) is 0 Å². The fourth-order valence-corrected chi connectivity index (χ4v) is 14.5. The number of hydrogen-bond donors (Lipinski definition) is 4. The summed E-state index contributed by atoms with van der Waals surface area (Å²) in [5.74, 6) is 0.900. The van der Waals surface area contributed by atoms with Crippen LogP contribution in [-0.2, 0) is 23.7 Å². The number of nitrogens with one attached hydrogen (secondary N) is 1. The first-order chi connectivity index (χ1) is 25.1. The highest BCUT2D eigenvalue weighted by molar-refractivity contribution is 6.68. The summed E-state index contributed by atoms with van der Waals surface area (Å²) in [6.45, 7) is 18.9. The normalized spacial score (nSPS) is 48.5. The molecular weight excluding hydrogens is 759 g/mol. The van der Waals surface area contributed by atoms with Gasteiger partial charge in [-0.05, 0) is 111 Å². The number of alkyl carbamates (subject to hydrolysis) is 1. The van der Waals surface area contributed by atoms with Gasteiger partial charge in [-0.25, -0.2) is 4.79 Å². The van der Waals surface area contributed by atoms with E-state index in [0.717, 1.165) is 71.2 Å². The van der Waals surface area contributed by atoms with Gasteiger partial charge in [0.25, 0.3) is 0 Å². The van der Waals surface area contributed by atoms with Crippen LogP contribution in [0.3, 0.4) is 0 Å². The number of carbonyl (C=O) groups excluding carboxylic acids is 1. The molecule has 308 valence electrons. The molecule has 0 aromatic rings. The Hall–Kier alpha value is -0.180. The molecule has 0 radical (unpaired) electrons. The number of aliphatic hydroxyl groups excluding tert-OH is 2. The average molecular weight is 822 g/mol. The molecule has 4 N–H and O–H groups in total. The van der Waals surface area contributed by atoms with Crippen molar-refractivity contribution in [2.24, 2.45) is 50.7 Å². The zero-order valence-electron chi connectivity index (χ0n) is 33.0. The largest absolute Gasteiger partial charge is 0.443 e. The van der Waals surface area contributed by atoms with E-state index in [9.17, 15) is 20.1 Å². The first-order valence-corrected chi connectivity index (χ1v) is 21.6. The predicted octanol–water partition coefficient (Wildman–Crippen LogP) is 5.80. The van der Waals surface area contributed by atoms with E-state index in [-0.39, 0.29) is 51.8 Å². The summed E-state index contributed by atoms with van der Waals surface area (Å²) in [7, 11) is 0. The van der Waals surface area contributed by atoms with Gasteiger partial charge in [0.05, 0.1) is 56.3 Å². The number of amides is 1. The molecule has 0 bridgehead atoms. The second kappa shape index (κ2) is 13.4. The van der Waals surface area contributed by atoms with Gasteiger partial charge in [0.2, 0.25) is 3.79 Å². The lowest BCUT2D eigenvalue weighted by Gasteiger charge is -2.64. The minimum atomic E-state index is -2.15. The Labute approximate surface area is 335 Å². The molecule has 1 amide bonds. The van der Waals surface area contributed by atoms with Crippen LogP contribution in [0.4, 0.5) is 4.79 Å². The quantitative estimate of drug-likeness (QED) is 0.184. The number of halogens is 3. The van der Waals surface area contributed by atoms with E-state index in [0.29, 0.717) is 25.0 Å². The maximum Gasteiger partial charge on any atom is 0.409 e. The number of aliphatic hydroxyl groups is 3. The van der Waals surface area contributed by atoms with Crippen LogP contribution in [0.2, 0.25) is 0 Å². The zero-order chi connectivity index (χ0) is 39.0. The molecule has 3 aliphatic heterocycles. The fraction of sp³-hybridized carbons (Fsp3) is 0.975. The zero-order valence-corrected chi connectivity index (χ0v) is 35.3. The monoisotopic (exact) mass is 820 g/mol. The molecule has 15 atom stereocenters. The Balaban J connectivity index is 1.08. The topological polar surface area (TPSA) is 139 Å². The SMILES string of the molecule is C[C@@H]1C[C@H]([C@H](O)C(C)(C)O)O[C@H]2[C@H]1[C@@]1(C)CC[C@@]34C[C@@]35CC[C@H](O[C@H]3CN(C6COC6)CCO3)C(C)(C)[C@@H]5CC[C@H]4[C@]1(C)[C@H]2OC(=O)NC(O)C(Cl)(Cl)Cl. The van der Waals surface area contributed by atoms with Crippen molar-refractivity contribution in [3.8, 4) is 0 Å². The lowest BCUT2D eigenvalue weighted by atomic mass is 9.41. The lowest BCUT2D eigenvalue weighted by Crippen LogP contribution is -2.61. The van der Waals surface area contributed by atoms with Gasteiger partial charge in [0.15, 0.2) is 12.5 Å². The molecule has 54 heavy (non-hydrogen) atoms. The van der Waals surface area contributed by atoms with Crippen LogP contribution in [0.5, 0.6) is 0 Å². The molecule has 3 heterocycles. The highest BCUT2D eigenvalue weighted by atomic mass is 35.6. The Kier molecular flexibility index (Phi) is 10.1. The van der Waals surface area contributed by atoms with Gasteiger partial charge in [-0.3, -0.25) is 10.2 Å². The van der Waals surface area contributed by atoms with Crippen molar-refractivity contribution in [3.05, 3.63) is 0 Å². The minimum Gasteiger partial charge on any atom is -0.443 e. The van der Waals surface area contributed by atoms with Crippen LogP contribution in [-0.4, -0.2) is 118 Å². The third kappa shape index (κ3) is 5.96. The van der Waals surface area contributed by atoms with Crippen LogP contribution in [0, 0.1) is 50.7 Å². The van der Waals surface area contributed by atoms with E-state index in [2.05, 4.69) is 44.8 Å². The maximum absolute atomic E-state index is 13.7. The van der Waals surface area contributed by atoms with Gasteiger partial charge >= 0.3 is 6.09 Å². The maximum atomic E-state index is 13.7. The molecule has 14 heteroatoms. The van der Waals surface area contributed by atoms with Gasteiger partial charge in [0, 0.05) is 12.0 Å². The number of nitrogens with zero attached hydrogens (tertiary/aromatic N) is 1. The molecule has 8 rings (SSSR count). The van der Waals surface area contributed by atoms with E-state index >= 15 is 0 Å². The number of fused-ring (bicyclic) bond motifs is 4. The average Bonchev–Trinajstić information content (AvgIpc) is 3.67. The van der Waals surface area contributed by atoms with Crippen molar-refractivity contribution >= 4 is 40.9 Å². The standard InChI is InChI=1S/C40H63Cl3N2O9/c1-21-16-23(30(46)35(4,5)49)52-29-28(21)36(6)12-13-39-20-38(39)11-10-26(53-27-17-45(14-15-51-27)22-18-50-19-22)34(2,3)24(38)8-9-25(39)37(36,7)31(29)54-33(48)44-32(47)40(41,42)43/h21-32,46-47,49H,8-20H2,1-7H3,(H,44,48)/t21-,23-,24+,25+,26+,27+,28+,29+,30+,31+,32?,36-,37-,38-,39+/m1/s1. The third-order valence-corrected chi connectivity index (χ3v) is 17.7. The molecule has 1 unspecified atom stereocenters. The Bertz CT molecular complexity index is 1460. The van der Waals surface area contributed by atoms with E-state index in [1.165, 1.54) is 0 Å². The molecule has 8 aliphatic rings. The number of morpholine rings is 1. The highest BCUT2D eigenvalue weighted by Gasteiger charge is 2.85. The fourth-order valence-electron chi connectivity index (χ4n) is 14.4. The summed E-state index contributed by atoms with van der Waals surface area (Å²) in [5.41, 5.74) is -1.92. The first-order valence-electron chi connectivity index (χ1n) is 20.5. The molecule has 0 aromatic heterocycles. The summed E-state index contributed by atoms with van der Waals surface area (Å²) in [4.78, 5) is 16.2. The van der Waals surface area contributed by atoms with Crippen LogP contribution >= 0.6 is 34.8 Å². The highest BCUT2D eigenvalue weighted by Crippen LogP contribution is 2.89. The van der Waals surface area contributed by atoms with Crippen molar-refractivity contribution in [2.75, 3.05) is 32.9 Å². The van der Waals surface area contributed by atoms with Crippen molar-refractivity contribution < 1.29 is 43.8 Å². The number of rotatable bonds is 7. The number of carbonyl (C=O) groups is 1. The van der Waals surface area contributed by atoms with Gasteiger partial charge in [-0.1, -0.05) is 69.4 Å². The number of alkyl halides is 3. The van der Waals surface area contributed by atoms with Crippen LogP contribution in [0.15, 0.2) is 0 Å². The summed E-state index contributed by atoms with van der Waals surface area (Å²) >= 11 is 17.8. The lowest BCUT2D eigenvalue weighted by molar-refractivity contribution is -0.256. The number of hydrogen-bond acceptors (Lipinski definition) is 10. The minimum absolute atomic E-state index is 0.0376. The van der Waals surface area contributed by atoms with Crippen LogP contribution in [0.1, 0.15) is 99.8 Å². The predicted molar refractivity (Wildman–Crippen MR) is 203 cm³/mol. The molecule has 5 aliphatic carbocycles. The van der Waals surface area contributed by atoms with Crippen molar-refractivity contribution in [2.45, 2.75) is 158 Å². The van der Waals surface area contributed by atoms with Crippen molar-refractivity contribution in [1.82, 2.24) is 10.2 Å². The van der Waals surface area contributed by atoms with Gasteiger partial charge in [-0.2, -0.15) is 0 Å². The number of ether oxygens (including phenoxy) is 5. The van der Waals surface area contributed by atoms with E-state index in [1.54, 1.807) is 13.8 Å². The molecular formula is C40H63Cl3N2O9. The molecule has 5 saturated carbocycles. The van der Waals surface area contributed by atoms with Crippen molar-refractivity contribution in [3.63, 3.8) is 0 Å². The Morgan fingerprint density at radius 3 is 2.33 bits per heavy atom. The van der Waals surface area contributed by atoms with E-state index in [1.807, 2.05) is 0 Å². The second-order valence-electron chi connectivity index (χ2n) is 20.2. The second-order valence-corrected chi connectivity index (χ2v) is 22.6. The Morgan fingerprint density at radius 2 is 1.69 bits per heavy atom. The summed E-state index contributed by atoms with van der Waals surface area (Å²) < 4.78 is 29.8. The molecule has 0 aromatic carbocycles. The van der Waals surface area contributed by atoms with E-state index < -0.39 is 51.5 Å².